The zero-order valence-electron chi connectivity index (χ0n) is 9.63. The zero-order chi connectivity index (χ0) is 12.1. The molecule has 1 heterocycles. The summed E-state index contributed by atoms with van der Waals surface area (Å²) in [6, 6.07) is 0. The van der Waals surface area contributed by atoms with Gasteiger partial charge in [-0.1, -0.05) is 6.92 Å². The molecule has 3 atom stereocenters. The highest BCUT2D eigenvalue weighted by atomic mass is 32.2. The molecule has 0 aromatic carbocycles. The van der Waals surface area contributed by atoms with E-state index in [4.69, 9.17) is 10.3 Å². The van der Waals surface area contributed by atoms with Crippen LogP contribution in [0.1, 0.15) is 21.1 Å². The summed E-state index contributed by atoms with van der Waals surface area (Å²) < 4.78 is 38.9. The zero-order valence-corrected chi connectivity index (χ0v) is 10.3. The lowest BCUT2D eigenvalue weighted by atomic mass is 10.1. The van der Waals surface area contributed by atoms with Gasteiger partial charge in [0.2, 0.25) is 0 Å². The molecule has 4 nitrogen and oxygen atoms in total. The van der Waals surface area contributed by atoms with E-state index in [0.717, 1.165) is 6.26 Å². The minimum Gasteiger partial charge on any atom is -0.375 e. The number of hydrogen-bond donors (Lipinski definition) is 1. The van der Waals surface area contributed by atoms with Gasteiger partial charge in [-0.25, -0.2) is 0 Å². The molecule has 0 N–H and O–H groups in total. The normalized spacial score (nSPS) is 33.1. The predicted molar refractivity (Wildman–Crippen MR) is 59.3 cm³/mol. The number of hydrogen-bond acceptors (Lipinski definition) is 5. The Balaban J connectivity index is 0.000000921. The molecule has 0 spiro atoms. The average molecular weight is 244 g/mol. The predicted octanol–water partition coefficient (Wildman–Crippen LogP) is 1.08. The van der Waals surface area contributed by atoms with Crippen LogP contribution in [0.3, 0.4) is 0 Å². The first kappa shape index (κ1) is 12.3. The van der Waals surface area contributed by atoms with E-state index in [1.165, 1.54) is 0 Å². The second-order valence-corrected chi connectivity index (χ2v) is 4.42. The molecule has 86 valence electrons. The molecule has 14 heavy (non-hydrogen) atoms. The van der Waals surface area contributed by atoms with E-state index in [0.29, 0.717) is 12.8 Å². The molecule has 0 saturated carbocycles. The van der Waals surface area contributed by atoms with Gasteiger partial charge in [0.25, 0.3) is 10.1 Å². The molecule has 1 fully saturated rings. The summed E-state index contributed by atoms with van der Waals surface area (Å²) in [5, 5.41) is 0. The molecule has 0 amide bonds. The number of ether oxygens (including phenoxy) is 1. The maximum absolute atomic E-state index is 10.8. The molecule has 1 aliphatic rings. The van der Waals surface area contributed by atoms with Crippen molar-refractivity contribution in [3.8, 4) is 0 Å². The van der Waals surface area contributed by atoms with Gasteiger partial charge in [0.15, 0.2) is 0 Å². The number of thiol groups is 1. The lowest BCUT2D eigenvalue weighted by molar-refractivity contribution is 0.0544. The third kappa shape index (κ3) is 5.19. The van der Waals surface area contributed by atoms with Gasteiger partial charge in [0, 0.05) is 13.0 Å². The fourth-order valence-corrected chi connectivity index (χ4v) is 1.85. The largest absolute Gasteiger partial charge is 0.375 e. The molecule has 6 heteroatoms. The summed E-state index contributed by atoms with van der Waals surface area (Å²) >= 11 is 3.53. The van der Waals surface area contributed by atoms with Crippen molar-refractivity contribution >= 4 is 22.7 Å². The summed E-state index contributed by atoms with van der Waals surface area (Å²) in [5.74, 6) is 0. The summed E-state index contributed by atoms with van der Waals surface area (Å²) in [5.41, 5.74) is 0. The van der Waals surface area contributed by atoms with Crippen LogP contribution in [0.15, 0.2) is 0 Å². The summed E-state index contributed by atoms with van der Waals surface area (Å²) in [6.45, 7) is 1.22. The molecule has 1 unspecified atom stereocenters. The van der Waals surface area contributed by atoms with Crippen LogP contribution in [0.4, 0.5) is 0 Å². The Morgan fingerprint density at radius 3 is 2.64 bits per heavy atom. The van der Waals surface area contributed by atoms with Gasteiger partial charge in [-0.15, -0.1) is 0 Å². The van der Waals surface area contributed by atoms with Crippen LogP contribution in [-0.4, -0.2) is 39.7 Å². The van der Waals surface area contributed by atoms with E-state index in [1.54, 1.807) is 6.26 Å². The van der Waals surface area contributed by atoms with Crippen LogP contribution in [-0.2, 0) is 19.0 Å². The SMILES string of the molecule is CS.[3H][C@H]1CC(OS(C)(=O)=O)[C@@H](CC)O1. The van der Waals surface area contributed by atoms with E-state index in [1.807, 2.05) is 6.92 Å². The van der Waals surface area contributed by atoms with E-state index in [2.05, 4.69) is 12.6 Å². The smallest absolute Gasteiger partial charge is 0.264 e. The highest BCUT2D eigenvalue weighted by Gasteiger charge is 2.30. The Kier molecular flexibility index (Phi) is 5.84. The van der Waals surface area contributed by atoms with E-state index >= 15 is 0 Å². The van der Waals surface area contributed by atoms with Gasteiger partial charge in [0.05, 0.1) is 13.7 Å². The third-order valence-electron chi connectivity index (χ3n) is 1.71. The van der Waals surface area contributed by atoms with Gasteiger partial charge in [-0.3, -0.25) is 4.18 Å². The summed E-state index contributed by atoms with van der Waals surface area (Å²) in [6.07, 6.45) is 2.94. The second-order valence-electron chi connectivity index (χ2n) is 2.82. The van der Waals surface area contributed by atoms with Gasteiger partial charge >= 0.3 is 0 Å². The lowest BCUT2D eigenvalue weighted by Gasteiger charge is -2.15. The minimum atomic E-state index is -3.44. The van der Waals surface area contributed by atoms with Gasteiger partial charge in [-0.2, -0.15) is 21.0 Å². The Morgan fingerprint density at radius 1 is 1.64 bits per heavy atom. The quantitative estimate of drug-likeness (QED) is 0.596. The van der Waals surface area contributed by atoms with Crippen LogP contribution in [0, 0.1) is 0 Å². The Hall–Kier alpha value is 0.220. The molecule has 0 bridgehead atoms. The topological polar surface area (TPSA) is 52.6 Å². The molecular formula is C8H18O4S2. The third-order valence-corrected chi connectivity index (χ3v) is 2.31. The van der Waals surface area contributed by atoms with Crippen molar-refractivity contribution in [1.29, 1.82) is 0 Å². The van der Waals surface area contributed by atoms with Crippen molar-refractivity contribution in [1.82, 2.24) is 0 Å². The van der Waals surface area contributed by atoms with Crippen molar-refractivity contribution in [2.75, 3.05) is 19.1 Å². The molecule has 0 radical (unpaired) electrons. The van der Waals surface area contributed by atoms with E-state index in [-0.39, 0.29) is 6.10 Å². The maximum Gasteiger partial charge on any atom is 0.264 e. The maximum atomic E-state index is 10.8. The molecule has 1 saturated heterocycles. The Bertz CT molecular complexity index is 268. The van der Waals surface area contributed by atoms with Crippen molar-refractivity contribution in [2.45, 2.75) is 32.0 Å². The van der Waals surface area contributed by atoms with Crippen molar-refractivity contribution < 1.29 is 18.7 Å². The first-order valence-electron chi connectivity index (χ1n) is 4.91. The second kappa shape index (κ2) is 6.66. The standard InChI is InChI=1S/C7H14O4S.CH4S/c1-3-6-7(4-5-10-6)11-12(2,8)9;1-2/h6-7H,3-5H2,1-2H3;2H,1H3/t6-,7?;/m1./s1/i5T;/t5-,6+,7?;/m0.. The highest BCUT2D eigenvalue weighted by molar-refractivity contribution is 7.86. The molecule has 0 aromatic heterocycles. The van der Waals surface area contributed by atoms with Gasteiger partial charge in [0.1, 0.15) is 6.10 Å². The van der Waals surface area contributed by atoms with Crippen LogP contribution in [0.5, 0.6) is 0 Å². The van der Waals surface area contributed by atoms with Gasteiger partial charge < -0.3 is 4.74 Å². The van der Waals surface area contributed by atoms with Crippen molar-refractivity contribution in [2.24, 2.45) is 0 Å². The Labute approximate surface area is 92.9 Å². The summed E-state index contributed by atoms with van der Waals surface area (Å²) in [4.78, 5) is 0. The molecular weight excluding hydrogens is 224 g/mol. The van der Waals surface area contributed by atoms with Crippen LogP contribution < -0.4 is 0 Å². The first-order valence-corrected chi connectivity index (χ1v) is 7.04. The molecule has 1 aliphatic heterocycles. The molecule has 1 rings (SSSR count). The van der Waals surface area contributed by atoms with Crippen molar-refractivity contribution in [3.63, 3.8) is 0 Å². The van der Waals surface area contributed by atoms with Gasteiger partial charge in [-0.05, 0) is 12.7 Å². The van der Waals surface area contributed by atoms with Crippen molar-refractivity contribution in [3.05, 3.63) is 0 Å². The molecule has 0 aliphatic carbocycles. The lowest BCUT2D eigenvalue weighted by Crippen LogP contribution is -2.26. The first-order chi connectivity index (χ1) is 6.92. The van der Waals surface area contributed by atoms with Crippen LogP contribution >= 0.6 is 12.6 Å². The van der Waals surface area contributed by atoms with E-state index in [9.17, 15) is 8.42 Å². The van der Waals surface area contributed by atoms with Crippen LogP contribution in [0.2, 0.25) is 0 Å². The van der Waals surface area contributed by atoms with E-state index < -0.39 is 22.8 Å². The fourth-order valence-electron chi connectivity index (χ4n) is 1.20. The average Bonchev–Trinajstić information content (AvgIpc) is 2.46. The highest BCUT2D eigenvalue weighted by Crippen LogP contribution is 2.20. The fraction of sp³-hybridized carbons (Fsp3) is 1.00. The molecule has 0 aromatic rings. The summed E-state index contributed by atoms with van der Waals surface area (Å²) in [7, 11) is -3.44. The van der Waals surface area contributed by atoms with Crippen LogP contribution in [0.25, 0.3) is 0 Å². The number of rotatable bonds is 3. The Morgan fingerprint density at radius 2 is 2.21 bits per heavy atom. The monoisotopic (exact) mass is 244 g/mol. The minimum absolute atomic E-state index is 0.266.